The van der Waals surface area contributed by atoms with Gasteiger partial charge >= 0.3 is 0 Å². The highest BCUT2D eigenvalue weighted by Gasteiger charge is 2.18. The first-order valence-corrected chi connectivity index (χ1v) is 12.1. The van der Waals surface area contributed by atoms with Gasteiger partial charge in [-0.3, -0.25) is 0 Å². The third-order valence-electron chi connectivity index (χ3n) is 5.27. The average Bonchev–Trinajstić information content (AvgIpc) is 2.75. The van der Waals surface area contributed by atoms with Crippen LogP contribution in [0.1, 0.15) is 47.0 Å². The number of benzene rings is 2. The number of rotatable bonds is 9. The highest BCUT2D eigenvalue weighted by atomic mass is 28.1. The normalized spacial score (nSPS) is 14.8. The molecule has 0 radical (unpaired) electrons. The summed E-state index contributed by atoms with van der Waals surface area (Å²) in [6.45, 7) is 9.36. The maximum atomic E-state index is 6.04. The summed E-state index contributed by atoms with van der Waals surface area (Å²) in [5.74, 6) is 2.52. The van der Waals surface area contributed by atoms with Gasteiger partial charge in [0.25, 0.3) is 0 Å². The Labute approximate surface area is 184 Å². The SMILES string of the molecule is CCC(C)OC1=CC=C(N(c2ccc([SiH3])cc2)c2ccc(OCC(C)C)cc2)CC1. The van der Waals surface area contributed by atoms with Crippen molar-refractivity contribution in [3.05, 3.63) is 72.1 Å². The lowest BCUT2D eigenvalue weighted by molar-refractivity contribution is 0.120. The second kappa shape index (κ2) is 10.5. The summed E-state index contributed by atoms with van der Waals surface area (Å²) < 4.78 is 11.9. The van der Waals surface area contributed by atoms with Crippen LogP contribution in [0, 0.1) is 5.92 Å². The quantitative estimate of drug-likeness (QED) is 0.518. The van der Waals surface area contributed by atoms with Crippen molar-refractivity contribution < 1.29 is 9.47 Å². The molecule has 1 atom stereocenters. The van der Waals surface area contributed by atoms with Crippen molar-refractivity contribution >= 4 is 26.8 Å². The van der Waals surface area contributed by atoms with Gasteiger partial charge in [-0.05, 0) is 74.2 Å². The van der Waals surface area contributed by atoms with Gasteiger partial charge in [-0.15, -0.1) is 0 Å². The molecule has 0 aromatic heterocycles. The van der Waals surface area contributed by atoms with E-state index in [1.54, 1.807) is 0 Å². The van der Waals surface area contributed by atoms with Crippen LogP contribution in [-0.2, 0) is 4.74 Å². The van der Waals surface area contributed by atoms with Crippen molar-refractivity contribution in [3.8, 4) is 5.75 Å². The largest absolute Gasteiger partial charge is 0.495 e. The van der Waals surface area contributed by atoms with Crippen LogP contribution in [0.3, 0.4) is 0 Å². The Hall–Kier alpha value is -2.46. The molecule has 160 valence electrons. The van der Waals surface area contributed by atoms with Crippen LogP contribution in [0.4, 0.5) is 11.4 Å². The molecule has 0 saturated carbocycles. The van der Waals surface area contributed by atoms with Crippen LogP contribution < -0.4 is 14.8 Å². The second-order valence-corrected chi connectivity index (χ2v) is 9.65. The lowest BCUT2D eigenvalue weighted by Gasteiger charge is -2.30. The number of ether oxygens (including phenoxy) is 2. The van der Waals surface area contributed by atoms with Crippen LogP contribution in [0.2, 0.25) is 0 Å². The molecule has 0 aliphatic heterocycles. The summed E-state index contributed by atoms with van der Waals surface area (Å²) in [5, 5.41) is 1.40. The Morgan fingerprint density at radius 2 is 1.53 bits per heavy atom. The summed E-state index contributed by atoms with van der Waals surface area (Å²) in [6.07, 6.45) is 7.52. The van der Waals surface area contributed by atoms with Crippen molar-refractivity contribution in [2.75, 3.05) is 11.5 Å². The molecule has 4 heteroatoms. The van der Waals surface area contributed by atoms with E-state index in [-0.39, 0.29) is 6.10 Å². The predicted octanol–water partition coefficient (Wildman–Crippen LogP) is 5.23. The minimum absolute atomic E-state index is 0.266. The molecular weight excluding hydrogens is 386 g/mol. The standard InChI is InChI=1S/C26H35NO2Si/c1-5-20(4)29-25-14-8-22(9-15-25)27(23-10-16-26(30)17-11-23)21-6-12-24(13-7-21)28-18-19(2)3/h6-8,10-14,16-17,19-20H,5,9,15,18H2,1-4,30H3. The topological polar surface area (TPSA) is 21.7 Å². The molecule has 0 amide bonds. The van der Waals surface area contributed by atoms with Gasteiger partial charge in [0.05, 0.1) is 18.5 Å². The number of hydrogen-bond donors (Lipinski definition) is 0. The fourth-order valence-corrected chi connectivity index (χ4v) is 3.70. The first kappa shape index (κ1) is 22.2. The third kappa shape index (κ3) is 6.02. The van der Waals surface area contributed by atoms with E-state index in [4.69, 9.17) is 9.47 Å². The number of allylic oxidation sites excluding steroid dienone is 4. The summed E-state index contributed by atoms with van der Waals surface area (Å²) in [4.78, 5) is 2.35. The van der Waals surface area contributed by atoms with Gasteiger partial charge in [0.15, 0.2) is 0 Å². The van der Waals surface area contributed by atoms with Crippen LogP contribution >= 0.6 is 0 Å². The molecule has 1 aliphatic rings. The van der Waals surface area contributed by atoms with Crippen molar-refractivity contribution in [2.24, 2.45) is 5.92 Å². The molecular formula is C26H35NO2Si. The van der Waals surface area contributed by atoms with Crippen LogP contribution in [0.15, 0.2) is 72.1 Å². The van der Waals surface area contributed by atoms with Gasteiger partial charge in [-0.25, -0.2) is 0 Å². The lowest BCUT2D eigenvalue weighted by Crippen LogP contribution is -2.19. The molecule has 2 aromatic rings. The Bertz CT molecular complexity index is 869. The Kier molecular flexibility index (Phi) is 7.80. The van der Waals surface area contributed by atoms with Gasteiger partial charge in [0.1, 0.15) is 5.75 Å². The van der Waals surface area contributed by atoms with E-state index in [2.05, 4.69) is 93.3 Å². The molecule has 3 rings (SSSR count). The molecule has 0 heterocycles. The van der Waals surface area contributed by atoms with E-state index in [0.717, 1.165) is 53.3 Å². The third-order valence-corrected chi connectivity index (χ3v) is 5.94. The molecule has 0 saturated heterocycles. The van der Waals surface area contributed by atoms with Crippen LogP contribution in [0.25, 0.3) is 0 Å². The van der Waals surface area contributed by atoms with E-state index in [1.165, 1.54) is 16.6 Å². The molecule has 2 aromatic carbocycles. The Morgan fingerprint density at radius 3 is 2.07 bits per heavy atom. The number of anilines is 2. The average molecular weight is 422 g/mol. The maximum absolute atomic E-state index is 6.04. The van der Waals surface area contributed by atoms with Crippen molar-refractivity contribution in [2.45, 2.75) is 53.1 Å². The number of hydrogen-bond acceptors (Lipinski definition) is 3. The van der Waals surface area contributed by atoms with Gasteiger partial charge in [-0.1, -0.05) is 38.1 Å². The Balaban J connectivity index is 1.87. The molecule has 1 aliphatic carbocycles. The minimum atomic E-state index is 0.266. The summed E-state index contributed by atoms with van der Waals surface area (Å²) in [7, 11) is 1.06. The molecule has 1 unspecified atom stereocenters. The van der Waals surface area contributed by atoms with E-state index in [1.807, 2.05) is 0 Å². The van der Waals surface area contributed by atoms with Gasteiger partial charge in [0, 0.05) is 33.7 Å². The van der Waals surface area contributed by atoms with E-state index < -0.39 is 0 Å². The van der Waals surface area contributed by atoms with Crippen molar-refractivity contribution in [1.82, 2.24) is 0 Å². The number of nitrogens with zero attached hydrogens (tertiary/aromatic N) is 1. The van der Waals surface area contributed by atoms with E-state index in [9.17, 15) is 0 Å². The van der Waals surface area contributed by atoms with Crippen molar-refractivity contribution in [1.29, 1.82) is 0 Å². The minimum Gasteiger partial charge on any atom is -0.495 e. The maximum Gasteiger partial charge on any atom is 0.119 e. The zero-order chi connectivity index (χ0) is 21.5. The molecule has 3 nitrogen and oxygen atoms in total. The zero-order valence-corrected chi connectivity index (χ0v) is 21.0. The molecule has 0 spiro atoms. The zero-order valence-electron chi connectivity index (χ0n) is 19.0. The fourth-order valence-electron chi connectivity index (χ4n) is 3.36. The fraction of sp³-hybridized carbons (Fsp3) is 0.385. The predicted molar refractivity (Wildman–Crippen MR) is 131 cm³/mol. The smallest absolute Gasteiger partial charge is 0.119 e. The molecule has 30 heavy (non-hydrogen) atoms. The Morgan fingerprint density at radius 1 is 0.900 bits per heavy atom. The summed E-state index contributed by atoms with van der Waals surface area (Å²) in [5.41, 5.74) is 3.62. The summed E-state index contributed by atoms with van der Waals surface area (Å²) >= 11 is 0. The summed E-state index contributed by atoms with van der Waals surface area (Å²) in [6, 6.07) is 17.4. The van der Waals surface area contributed by atoms with Crippen LogP contribution in [0.5, 0.6) is 5.75 Å². The molecule has 0 bridgehead atoms. The lowest BCUT2D eigenvalue weighted by atomic mass is 10.1. The van der Waals surface area contributed by atoms with Gasteiger partial charge in [-0.2, -0.15) is 0 Å². The monoisotopic (exact) mass is 421 g/mol. The first-order chi connectivity index (χ1) is 14.5. The van der Waals surface area contributed by atoms with Crippen LogP contribution in [-0.4, -0.2) is 23.0 Å². The van der Waals surface area contributed by atoms with Gasteiger partial charge in [0.2, 0.25) is 0 Å². The second-order valence-electron chi connectivity index (χ2n) is 8.50. The highest BCUT2D eigenvalue weighted by molar-refractivity contribution is 6.32. The highest BCUT2D eigenvalue weighted by Crippen LogP contribution is 2.35. The van der Waals surface area contributed by atoms with Gasteiger partial charge < -0.3 is 14.4 Å². The molecule has 0 N–H and O–H groups in total. The van der Waals surface area contributed by atoms with E-state index in [0.29, 0.717) is 5.92 Å². The van der Waals surface area contributed by atoms with Crippen molar-refractivity contribution in [3.63, 3.8) is 0 Å². The molecule has 0 fully saturated rings. The van der Waals surface area contributed by atoms with E-state index >= 15 is 0 Å². The first-order valence-electron chi connectivity index (χ1n) is 11.1.